The van der Waals surface area contributed by atoms with Crippen molar-refractivity contribution in [2.24, 2.45) is 0 Å². The largest absolute Gasteiger partial charge is 0.449 e. The van der Waals surface area contributed by atoms with Gasteiger partial charge in [-0.1, -0.05) is 60.7 Å². The van der Waals surface area contributed by atoms with Crippen molar-refractivity contribution in [2.45, 2.75) is 5.92 Å². The highest BCUT2D eigenvalue weighted by Crippen LogP contribution is 2.44. The minimum atomic E-state index is -0.418. The smallest absolute Gasteiger partial charge is 0.407 e. The topological polar surface area (TPSA) is 51.2 Å². The van der Waals surface area contributed by atoms with Crippen LogP contribution in [-0.4, -0.2) is 24.2 Å². The lowest BCUT2D eigenvalue weighted by Gasteiger charge is -2.14. The van der Waals surface area contributed by atoms with Crippen LogP contribution >= 0.6 is 15.9 Å². The molecule has 140 valence electrons. The molecule has 4 nitrogen and oxygen atoms in total. The van der Waals surface area contributed by atoms with Crippen molar-refractivity contribution in [3.05, 3.63) is 94.2 Å². The van der Waals surface area contributed by atoms with Gasteiger partial charge in [0.15, 0.2) is 0 Å². The first-order chi connectivity index (χ1) is 13.7. The number of nitrogens with zero attached hydrogens (tertiary/aromatic N) is 1. The number of hydrogen-bond acceptors (Lipinski definition) is 3. The monoisotopic (exact) mass is 434 g/mol. The fourth-order valence-corrected chi connectivity index (χ4v) is 3.89. The van der Waals surface area contributed by atoms with Gasteiger partial charge in [0.05, 0.1) is 0 Å². The second-order valence-corrected chi connectivity index (χ2v) is 7.46. The maximum absolute atomic E-state index is 12.1. The molecular formula is C23H19BrN2O2. The maximum atomic E-state index is 12.1. The normalized spacial score (nSPS) is 12.6. The van der Waals surface area contributed by atoms with Gasteiger partial charge < -0.3 is 10.1 Å². The van der Waals surface area contributed by atoms with Gasteiger partial charge in [-0.2, -0.15) is 0 Å². The van der Waals surface area contributed by atoms with Crippen LogP contribution in [0.15, 0.2) is 77.5 Å². The van der Waals surface area contributed by atoms with E-state index in [2.05, 4.69) is 50.5 Å². The Morgan fingerprint density at radius 2 is 1.75 bits per heavy atom. The van der Waals surface area contributed by atoms with Crippen molar-refractivity contribution in [3.8, 4) is 11.1 Å². The molecule has 0 radical (unpaired) electrons. The fourth-order valence-electron chi connectivity index (χ4n) is 3.51. The summed E-state index contributed by atoms with van der Waals surface area (Å²) in [6.07, 6.45) is 6.84. The third kappa shape index (κ3) is 3.99. The maximum Gasteiger partial charge on any atom is 0.407 e. The van der Waals surface area contributed by atoms with Gasteiger partial charge in [0.1, 0.15) is 6.61 Å². The molecule has 0 fully saturated rings. The molecule has 0 saturated heterocycles. The summed E-state index contributed by atoms with van der Waals surface area (Å²) in [4.78, 5) is 16.2. The van der Waals surface area contributed by atoms with Crippen molar-refractivity contribution >= 4 is 28.1 Å². The fraction of sp³-hybridized carbons (Fsp3) is 0.130. The number of hydrogen-bond donors (Lipinski definition) is 1. The zero-order valence-corrected chi connectivity index (χ0v) is 16.7. The van der Waals surface area contributed by atoms with Gasteiger partial charge in [0, 0.05) is 29.3 Å². The Bertz CT molecular complexity index is 987. The predicted octanol–water partition coefficient (Wildman–Crippen LogP) is 5.40. The molecule has 28 heavy (non-hydrogen) atoms. The number of alkyl carbamates (subject to hydrolysis) is 1. The molecule has 0 atom stereocenters. The molecule has 0 unspecified atom stereocenters. The lowest BCUT2D eigenvalue weighted by Crippen LogP contribution is -2.26. The van der Waals surface area contributed by atoms with E-state index in [1.165, 1.54) is 22.3 Å². The number of ether oxygens (including phenoxy) is 1. The number of halogens is 1. The second kappa shape index (κ2) is 8.40. The minimum Gasteiger partial charge on any atom is -0.449 e. The highest BCUT2D eigenvalue weighted by Gasteiger charge is 2.28. The van der Waals surface area contributed by atoms with Crippen LogP contribution in [0.1, 0.15) is 22.6 Å². The van der Waals surface area contributed by atoms with Gasteiger partial charge in [-0.25, -0.2) is 4.79 Å². The van der Waals surface area contributed by atoms with Gasteiger partial charge in [0.25, 0.3) is 0 Å². The van der Waals surface area contributed by atoms with E-state index in [-0.39, 0.29) is 5.92 Å². The number of pyridine rings is 1. The number of amides is 1. The van der Waals surface area contributed by atoms with Crippen molar-refractivity contribution in [1.82, 2.24) is 10.3 Å². The van der Waals surface area contributed by atoms with Crippen LogP contribution in [0.25, 0.3) is 17.2 Å². The molecule has 1 amide bonds. The van der Waals surface area contributed by atoms with E-state index >= 15 is 0 Å². The minimum absolute atomic E-state index is 0.0708. The Morgan fingerprint density at radius 3 is 2.43 bits per heavy atom. The van der Waals surface area contributed by atoms with E-state index in [0.717, 1.165) is 10.0 Å². The quantitative estimate of drug-likeness (QED) is 0.584. The Kier molecular flexibility index (Phi) is 5.53. The molecular weight excluding hydrogens is 416 g/mol. The summed E-state index contributed by atoms with van der Waals surface area (Å²) in [6.45, 7) is 0.711. The molecule has 1 aliphatic carbocycles. The summed E-state index contributed by atoms with van der Waals surface area (Å²) >= 11 is 3.38. The van der Waals surface area contributed by atoms with Crippen molar-refractivity contribution in [2.75, 3.05) is 13.2 Å². The van der Waals surface area contributed by atoms with Crippen LogP contribution in [0.5, 0.6) is 0 Å². The first-order valence-electron chi connectivity index (χ1n) is 9.08. The Morgan fingerprint density at radius 1 is 1.07 bits per heavy atom. The van der Waals surface area contributed by atoms with Crippen LogP contribution in [-0.2, 0) is 4.74 Å². The van der Waals surface area contributed by atoms with Gasteiger partial charge in [0.2, 0.25) is 0 Å². The molecule has 1 aliphatic rings. The average Bonchev–Trinajstić information content (AvgIpc) is 3.04. The number of aromatic nitrogens is 1. The molecule has 1 N–H and O–H groups in total. The Labute approximate surface area is 172 Å². The molecule has 3 aromatic rings. The molecule has 5 heteroatoms. The summed E-state index contributed by atoms with van der Waals surface area (Å²) in [5.41, 5.74) is 5.82. The van der Waals surface area contributed by atoms with Gasteiger partial charge in [-0.05, 0) is 49.8 Å². The predicted molar refractivity (Wildman–Crippen MR) is 114 cm³/mol. The summed E-state index contributed by atoms with van der Waals surface area (Å²) in [6, 6.07) is 18.5. The van der Waals surface area contributed by atoms with Gasteiger partial charge >= 0.3 is 6.09 Å². The first kappa shape index (κ1) is 18.4. The highest BCUT2D eigenvalue weighted by atomic mass is 79.9. The highest BCUT2D eigenvalue weighted by molar-refractivity contribution is 9.10. The standard InChI is InChI=1S/C23H19BrN2O2/c24-17-12-16(13-25-14-17)6-5-11-26-23(27)28-15-22-20-9-3-1-7-18(20)19-8-2-4-10-21(19)22/h1-10,12-14,22H,11,15H2,(H,26,27). The van der Waals surface area contributed by atoms with Crippen LogP contribution < -0.4 is 5.32 Å². The lowest BCUT2D eigenvalue weighted by atomic mass is 9.98. The molecule has 0 spiro atoms. The van der Waals surface area contributed by atoms with E-state index in [4.69, 9.17) is 4.74 Å². The molecule has 1 heterocycles. The number of carbonyl (C=O) groups excluding carboxylic acids is 1. The van der Waals surface area contributed by atoms with E-state index in [1.807, 2.05) is 42.5 Å². The van der Waals surface area contributed by atoms with E-state index in [9.17, 15) is 4.79 Å². The number of benzene rings is 2. The van der Waals surface area contributed by atoms with Crippen molar-refractivity contribution < 1.29 is 9.53 Å². The molecule has 1 aromatic heterocycles. The third-order valence-electron chi connectivity index (χ3n) is 4.74. The lowest BCUT2D eigenvalue weighted by molar-refractivity contribution is 0.144. The average molecular weight is 435 g/mol. The molecule has 2 aromatic carbocycles. The number of rotatable bonds is 5. The SMILES string of the molecule is O=C(NCC=Cc1cncc(Br)c1)OCC1c2ccccc2-c2ccccc21. The van der Waals surface area contributed by atoms with Gasteiger partial charge in [-0.15, -0.1) is 0 Å². The number of nitrogens with one attached hydrogen (secondary N) is 1. The zero-order chi connectivity index (χ0) is 19.3. The molecule has 0 saturated carbocycles. The Balaban J connectivity index is 1.34. The van der Waals surface area contributed by atoms with E-state index in [0.29, 0.717) is 13.2 Å². The summed E-state index contributed by atoms with van der Waals surface area (Å²) in [7, 11) is 0. The van der Waals surface area contributed by atoms with Crippen LogP contribution in [0.4, 0.5) is 4.79 Å². The van der Waals surface area contributed by atoms with Crippen LogP contribution in [0.2, 0.25) is 0 Å². The van der Waals surface area contributed by atoms with Crippen LogP contribution in [0, 0.1) is 0 Å². The summed E-state index contributed by atoms with van der Waals surface area (Å²) in [5.74, 6) is 0.0708. The van der Waals surface area contributed by atoms with Crippen LogP contribution in [0.3, 0.4) is 0 Å². The molecule has 4 rings (SSSR count). The van der Waals surface area contributed by atoms with E-state index < -0.39 is 6.09 Å². The van der Waals surface area contributed by atoms with Gasteiger partial charge in [-0.3, -0.25) is 4.98 Å². The van der Waals surface area contributed by atoms with Crippen molar-refractivity contribution in [3.63, 3.8) is 0 Å². The number of fused-ring (bicyclic) bond motifs is 3. The third-order valence-corrected chi connectivity index (χ3v) is 5.18. The second-order valence-electron chi connectivity index (χ2n) is 6.55. The molecule has 0 bridgehead atoms. The number of carbonyl (C=O) groups is 1. The molecule has 0 aliphatic heterocycles. The summed E-state index contributed by atoms with van der Waals surface area (Å²) < 4.78 is 6.42. The zero-order valence-electron chi connectivity index (χ0n) is 15.1. The Hall–Kier alpha value is -2.92. The van der Waals surface area contributed by atoms with Crippen molar-refractivity contribution in [1.29, 1.82) is 0 Å². The van der Waals surface area contributed by atoms with E-state index in [1.54, 1.807) is 12.4 Å². The first-order valence-corrected chi connectivity index (χ1v) is 9.87. The summed E-state index contributed by atoms with van der Waals surface area (Å²) in [5, 5.41) is 2.76.